The van der Waals surface area contributed by atoms with Crippen molar-refractivity contribution >= 4 is 11.4 Å². The molecule has 2 heterocycles. The Morgan fingerprint density at radius 1 is 0.750 bits per heavy atom. The summed E-state index contributed by atoms with van der Waals surface area (Å²) >= 11 is 0. The summed E-state index contributed by atoms with van der Waals surface area (Å²) in [7, 11) is 0. The smallest absolute Gasteiger partial charge is 0.269 e. The molecule has 32 heavy (non-hydrogen) atoms. The first-order valence-electron chi connectivity index (χ1n) is 9.72. The maximum atomic E-state index is 11.0. The summed E-state index contributed by atoms with van der Waals surface area (Å²) < 4.78 is 22.8. The van der Waals surface area contributed by atoms with Crippen LogP contribution in [0.15, 0.2) is 48.5 Å². The molecule has 2 saturated heterocycles. The maximum absolute atomic E-state index is 11.0. The highest BCUT2D eigenvalue weighted by Crippen LogP contribution is 2.37. The zero-order valence-electron chi connectivity index (χ0n) is 16.6. The predicted molar refractivity (Wildman–Crippen MR) is 105 cm³/mol. The predicted octanol–water partition coefficient (Wildman–Crippen LogP) is 1.75. The quantitative estimate of drug-likeness (QED) is 0.520. The zero-order valence-corrected chi connectivity index (χ0v) is 16.6. The Hall–Kier alpha value is -3.00. The van der Waals surface area contributed by atoms with Gasteiger partial charge in [0.2, 0.25) is 0 Å². The Morgan fingerprint density at radius 3 is 1.62 bits per heavy atom. The minimum atomic E-state index is -1.23. The fourth-order valence-electron chi connectivity index (χ4n) is 3.62. The molecule has 0 radical (unpaired) electrons. The first-order valence-corrected chi connectivity index (χ1v) is 9.72. The summed E-state index contributed by atoms with van der Waals surface area (Å²) in [4.78, 5) is 21.0. The van der Waals surface area contributed by atoms with Crippen LogP contribution in [-0.4, -0.2) is 57.7 Å². The van der Waals surface area contributed by atoms with Gasteiger partial charge in [0.05, 0.1) is 23.1 Å². The highest BCUT2D eigenvalue weighted by atomic mass is 16.7. The number of hydrogen-bond donors (Lipinski definition) is 2. The van der Waals surface area contributed by atoms with Crippen molar-refractivity contribution in [1.82, 2.24) is 0 Å². The lowest BCUT2D eigenvalue weighted by Crippen LogP contribution is -2.44. The van der Waals surface area contributed by atoms with Gasteiger partial charge in [0.25, 0.3) is 11.4 Å². The number of aliphatic hydroxyl groups excluding tert-OH is 2. The second-order valence-corrected chi connectivity index (χ2v) is 7.37. The Morgan fingerprint density at radius 2 is 1.19 bits per heavy atom. The van der Waals surface area contributed by atoms with Crippen molar-refractivity contribution in [3.05, 3.63) is 79.9 Å². The van der Waals surface area contributed by atoms with Gasteiger partial charge in [-0.1, -0.05) is 24.3 Å². The average molecular weight is 448 g/mol. The highest BCUT2D eigenvalue weighted by molar-refractivity contribution is 5.36. The third-order valence-corrected chi connectivity index (χ3v) is 5.19. The van der Waals surface area contributed by atoms with E-state index in [1.165, 1.54) is 36.4 Å². The average Bonchev–Trinajstić information content (AvgIpc) is 3.25. The lowest BCUT2D eigenvalue weighted by atomic mass is 10.0. The van der Waals surface area contributed by atoms with Gasteiger partial charge < -0.3 is 29.2 Å². The molecule has 2 aromatic rings. The maximum Gasteiger partial charge on any atom is 0.269 e. The zero-order chi connectivity index (χ0) is 22.8. The van der Waals surface area contributed by atoms with Gasteiger partial charge in [-0.2, -0.15) is 0 Å². The molecule has 0 amide bonds. The number of ether oxygens (including phenoxy) is 4. The molecule has 2 aliphatic rings. The van der Waals surface area contributed by atoms with Crippen LogP contribution in [0.25, 0.3) is 0 Å². The van der Waals surface area contributed by atoms with E-state index in [0.717, 1.165) is 0 Å². The van der Waals surface area contributed by atoms with Crippen LogP contribution in [0, 0.1) is 20.2 Å². The van der Waals surface area contributed by atoms with Crippen molar-refractivity contribution in [2.24, 2.45) is 0 Å². The molecule has 0 saturated carbocycles. The first kappa shape index (κ1) is 22.2. The third kappa shape index (κ3) is 4.60. The number of nitro groups is 2. The van der Waals surface area contributed by atoms with Crippen LogP contribution in [0.3, 0.4) is 0 Å². The van der Waals surface area contributed by atoms with Crippen molar-refractivity contribution in [2.45, 2.75) is 37.0 Å². The highest BCUT2D eigenvalue weighted by Gasteiger charge is 2.46. The monoisotopic (exact) mass is 448 g/mol. The molecule has 4 rings (SSSR count). The summed E-state index contributed by atoms with van der Waals surface area (Å²) in [5.41, 5.74) is 0.406. The minimum absolute atomic E-state index is 0.150. The van der Waals surface area contributed by atoms with E-state index in [2.05, 4.69) is 0 Å². The van der Waals surface area contributed by atoms with Gasteiger partial charge in [0.15, 0.2) is 12.6 Å². The fraction of sp³-hybridized carbons (Fsp3) is 0.400. The number of nitro benzene ring substituents is 2. The van der Waals surface area contributed by atoms with Crippen LogP contribution in [0.1, 0.15) is 23.7 Å². The van der Waals surface area contributed by atoms with Crippen LogP contribution in [0.4, 0.5) is 11.4 Å². The van der Waals surface area contributed by atoms with Gasteiger partial charge in [0, 0.05) is 35.4 Å². The summed E-state index contributed by atoms with van der Waals surface area (Å²) in [6.07, 6.45) is -6.57. The van der Waals surface area contributed by atoms with Crippen molar-refractivity contribution < 1.29 is 39.0 Å². The molecule has 6 atom stereocenters. The number of fused-ring (bicyclic) bond motifs is 1. The van der Waals surface area contributed by atoms with Gasteiger partial charge in [-0.05, 0) is 0 Å². The Bertz CT molecular complexity index is 924. The van der Waals surface area contributed by atoms with E-state index in [9.17, 15) is 30.4 Å². The summed E-state index contributed by atoms with van der Waals surface area (Å²) in [6.45, 7) is -0.543. The number of non-ortho nitro benzene ring substituents is 2. The van der Waals surface area contributed by atoms with Gasteiger partial charge in [-0.25, -0.2) is 0 Å². The molecule has 2 fully saturated rings. The van der Waals surface area contributed by atoms with Crippen molar-refractivity contribution in [1.29, 1.82) is 0 Å². The molecule has 170 valence electrons. The standard InChI is InChI=1S/C20H20N2O10/c23-15-9-29-19(11-3-1-5-13(7-11)21(25)26)30-10-16(24)18-17(15)31-20(32-18)12-4-2-6-14(8-12)22(27)28/h1-8,15-20,23-24H,9-10H2/t15-,16+,17-,18-,19?,20?/m0/s1. The summed E-state index contributed by atoms with van der Waals surface area (Å²) in [6, 6.07) is 11.3. The van der Waals surface area contributed by atoms with Crippen LogP contribution >= 0.6 is 0 Å². The molecular formula is C20H20N2O10. The molecule has 0 bridgehead atoms. The van der Waals surface area contributed by atoms with Crippen molar-refractivity contribution in [2.75, 3.05) is 13.2 Å². The van der Waals surface area contributed by atoms with Gasteiger partial charge >= 0.3 is 0 Å². The lowest BCUT2D eigenvalue weighted by molar-refractivity contribution is -0.385. The van der Waals surface area contributed by atoms with Gasteiger partial charge in [-0.15, -0.1) is 0 Å². The number of benzene rings is 2. The van der Waals surface area contributed by atoms with E-state index in [4.69, 9.17) is 18.9 Å². The van der Waals surface area contributed by atoms with Crippen LogP contribution in [0.2, 0.25) is 0 Å². The molecular weight excluding hydrogens is 428 g/mol. The SMILES string of the molecule is O=[N+]([O-])c1cccc(C2OC[C@@H](O)[C@@H]3OC(c4cccc([N+](=O)[O-])c4)O[C@H]3[C@@H](O)CO2)c1. The number of nitrogens with zero attached hydrogens (tertiary/aromatic N) is 2. The van der Waals surface area contributed by atoms with Gasteiger partial charge in [0.1, 0.15) is 24.4 Å². The molecule has 2 unspecified atom stereocenters. The van der Waals surface area contributed by atoms with E-state index in [0.29, 0.717) is 11.1 Å². The minimum Gasteiger partial charge on any atom is -0.388 e. The van der Waals surface area contributed by atoms with E-state index >= 15 is 0 Å². The summed E-state index contributed by atoms with van der Waals surface area (Å²) in [5.74, 6) is 0. The Labute approximate surface area is 181 Å². The largest absolute Gasteiger partial charge is 0.388 e. The van der Waals surface area contributed by atoms with Gasteiger partial charge in [-0.3, -0.25) is 20.2 Å². The van der Waals surface area contributed by atoms with E-state index in [1.54, 1.807) is 12.1 Å². The lowest BCUT2D eigenvalue weighted by Gasteiger charge is -2.23. The Balaban J connectivity index is 1.51. The molecule has 0 spiro atoms. The van der Waals surface area contributed by atoms with Crippen LogP contribution in [-0.2, 0) is 18.9 Å². The van der Waals surface area contributed by atoms with Crippen LogP contribution < -0.4 is 0 Å². The third-order valence-electron chi connectivity index (χ3n) is 5.19. The molecule has 12 heteroatoms. The Kier molecular flexibility index (Phi) is 6.41. The molecule has 2 aliphatic heterocycles. The molecule has 12 nitrogen and oxygen atoms in total. The molecule has 0 aliphatic carbocycles. The van der Waals surface area contributed by atoms with E-state index in [1.807, 2.05) is 0 Å². The molecule has 2 aromatic carbocycles. The first-order chi connectivity index (χ1) is 15.3. The second kappa shape index (κ2) is 9.24. The van der Waals surface area contributed by atoms with Crippen molar-refractivity contribution in [3.8, 4) is 0 Å². The number of hydrogen-bond acceptors (Lipinski definition) is 10. The second-order valence-electron chi connectivity index (χ2n) is 7.37. The molecule has 0 aromatic heterocycles. The van der Waals surface area contributed by atoms with E-state index < -0.39 is 46.8 Å². The fourth-order valence-corrected chi connectivity index (χ4v) is 3.62. The van der Waals surface area contributed by atoms with E-state index in [-0.39, 0.29) is 24.6 Å². The number of rotatable bonds is 4. The van der Waals surface area contributed by atoms with Crippen LogP contribution in [0.5, 0.6) is 0 Å². The topological polar surface area (TPSA) is 164 Å². The molecule has 2 N–H and O–H groups in total. The van der Waals surface area contributed by atoms with Crippen molar-refractivity contribution in [3.63, 3.8) is 0 Å². The normalized spacial score (nSPS) is 30.6. The summed E-state index contributed by atoms with van der Waals surface area (Å²) in [5, 5.41) is 43.3. The number of aliphatic hydroxyl groups is 2.